The molecule has 0 radical (unpaired) electrons. The van der Waals surface area contributed by atoms with Crippen LogP contribution in [-0.2, 0) is 30.4 Å². The zero-order valence-corrected chi connectivity index (χ0v) is 25.1. The van der Waals surface area contributed by atoms with Crippen molar-refractivity contribution in [2.24, 2.45) is 10.2 Å². The Labute approximate surface area is 259 Å². The summed E-state index contributed by atoms with van der Waals surface area (Å²) in [6, 6.07) is 15.5. The third-order valence-corrected chi connectivity index (χ3v) is 8.75. The van der Waals surface area contributed by atoms with Crippen LogP contribution in [0.5, 0.6) is 0 Å². The average molecular weight is 691 g/mol. The number of halogens is 1. The van der Waals surface area contributed by atoms with Gasteiger partial charge in [-0.25, -0.2) is 0 Å². The lowest BCUT2D eigenvalue weighted by Gasteiger charge is -2.11. The maximum Gasteiger partial charge on any atom is 0.315 e. The van der Waals surface area contributed by atoms with Crippen LogP contribution in [0.2, 0.25) is 0 Å². The van der Waals surface area contributed by atoms with Crippen LogP contribution >= 0.6 is 0 Å². The number of hydrogen-bond acceptors (Lipinski definition) is 14. The Morgan fingerprint density at radius 1 is 0.674 bits per heavy atom. The van der Waals surface area contributed by atoms with Gasteiger partial charge in [0, 0.05) is 11.1 Å². The highest BCUT2D eigenvalue weighted by Crippen LogP contribution is 2.39. The van der Waals surface area contributed by atoms with Gasteiger partial charge in [0.2, 0.25) is 11.9 Å². The first-order valence-electron chi connectivity index (χ1n) is 12.3. The molecule has 0 fully saturated rings. The molecule has 0 saturated heterocycles. The molecule has 0 saturated carbocycles. The van der Waals surface area contributed by atoms with Gasteiger partial charge in [-0.15, -0.1) is 10.2 Å². The zero-order valence-electron chi connectivity index (χ0n) is 22.6. The number of benzene rings is 4. The predicted molar refractivity (Wildman–Crippen MR) is 161 cm³/mol. The topological polar surface area (TPSA) is 277 Å². The smallest absolute Gasteiger partial charge is 0.315 e. The van der Waals surface area contributed by atoms with E-state index in [0.717, 1.165) is 30.3 Å². The summed E-state index contributed by atoms with van der Waals surface area (Å²) < 4.78 is 115. The van der Waals surface area contributed by atoms with E-state index in [2.05, 4.69) is 35.8 Å². The number of aromatic nitrogens is 3. The number of azo groups is 1. The van der Waals surface area contributed by atoms with Crippen molar-refractivity contribution < 1.29 is 43.3 Å². The SMILES string of the molecule is Nc1c(N=Nc2cc(Nc3nc(F)nc(Nc4ccccc4S(=O)(=O)O)n3)ccc2S(=O)(=O)O)c(S(=O)(=O)O)cc2ccccc12. The van der Waals surface area contributed by atoms with Gasteiger partial charge in [-0.05, 0) is 41.8 Å². The van der Waals surface area contributed by atoms with Gasteiger partial charge < -0.3 is 16.4 Å². The van der Waals surface area contributed by atoms with E-state index in [0.29, 0.717) is 10.8 Å². The van der Waals surface area contributed by atoms with Crippen molar-refractivity contribution in [2.45, 2.75) is 14.7 Å². The summed E-state index contributed by atoms with van der Waals surface area (Å²) >= 11 is 0. The highest BCUT2D eigenvalue weighted by atomic mass is 32.2. The van der Waals surface area contributed by atoms with E-state index < -0.39 is 74.4 Å². The molecule has 0 atom stereocenters. The number of nitrogens with one attached hydrogen (secondary N) is 2. The summed E-state index contributed by atoms with van der Waals surface area (Å²) in [6.07, 6.45) is -1.33. The molecule has 0 aliphatic heterocycles. The predicted octanol–water partition coefficient (Wildman–Crippen LogP) is 4.39. The van der Waals surface area contributed by atoms with Gasteiger partial charge in [-0.2, -0.15) is 44.6 Å². The number of fused-ring (bicyclic) bond motifs is 1. The first-order valence-corrected chi connectivity index (χ1v) is 16.7. The second-order valence-corrected chi connectivity index (χ2v) is 13.3. The summed E-state index contributed by atoms with van der Waals surface area (Å²) in [7, 11) is -14.5. The maximum atomic E-state index is 14.3. The molecule has 5 aromatic rings. The molecule has 238 valence electrons. The van der Waals surface area contributed by atoms with E-state index in [1.54, 1.807) is 18.2 Å². The van der Waals surface area contributed by atoms with Gasteiger partial charge in [-0.3, -0.25) is 13.7 Å². The number of rotatable bonds is 9. The van der Waals surface area contributed by atoms with E-state index in [4.69, 9.17) is 5.73 Å². The summed E-state index contributed by atoms with van der Waals surface area (Å²) in [5, 5.41) is 13.3. The minimum Gasteiger partial charge on any atom is -0.396 e. The van der Waals surface area contributed by atoms with E-state index in [1.807, 2.05) is 0 Å². The van der Waals surface area contributed by atoms with Crippen LogP contribution in [0.25, 0.3) is 10.8 Å². The normalized spacial score (nSPS) is 12.4. The Morgan fingerprint density at radius 2 is 1.28 bits per heavy atom. The van der Waals surface area contributed by atoms with E-state index in [-0.39, 0.29) is 17.1 Å². The quantitative estimate of drug-likeness (QED) is 0.0710. The number of hydrogen-bond donors (Lipinski definition) is 6. The van der Waals surface area contributed by atoms with Crippen molar-refractivity contribution >= 4 is 81.5 Å². The molecule has 0 aliphatic rings. The van der Waals surface area contributed by atoms with Crippen molar-refractivity contribution in [2.75, 3.05) is 16.4 Å². The Hall–Kier alpha value is -5.19. The van der Waals surface area contributed by atoms with E-state index >= 15 is 0 Å². The fraction of sp³-hybridized carbons (Fsp3) is 0. The Bertz CT molecular complexity index is 2390. The van der Waals surface area contributed by atoms with Crippen LogP contribution in [0.3, 0.4) is 0 Å². The number of nitrogen functional groups attached to an aromatic ring is 1. The number of nitrogens with two attached hydrogens (primary N) is 1. The van der Waals surface area contributed by atoms with Crippen molar-refractivity contribution in [3.8, 4) is 0 Å². The molecule has 7 N–H and O–H groups in total. The lowest BCUT2D eigenvalue weighted by molar-refractivity contribution is 0.481. The lowest BCUT2D eigenvalue weighted by Crippen LogP contribution is -2.08. The van der Waals surface area contributed by atoms with Crippen LogP contribution in [-0.4, -0.2) is 53.9 Å². The number of anilines is 5. The van der Waals surface area contributed by atoms with Gasteiger partial charge in [-0.1, -0.05) is 36.4 Å². The van der Waals surface area contributed by atoms with Crippen LogP contribution in [0, 0.1) is 6.08 Å². The third kappa shape index (κ3) is 7.03. The number of nitrogens with zero attached hydrogens (tertiary/aromatic N) is 5. The van der Waals surface area contributed by atoms with Crippen molar-refractivity contribution in [1.82, 2.24) is 15.0 Å². The van der Waals surface area contributed by atoms with Crippen LogP contribution < -0.4 is 16.4 Å². The monoisotopic (exact) mass is 690 g/mol. The molecule has 0 unspecified atom stereocenters. The molecule has 1 heterocycles. The minimum absolute atomic E-state index is 0.0577. The molecule has 1 aromatic heterocycles. The Balaban J connectivity index is 1.55. The number of para-hydroxylation sites is 1. The molecule has 21 heteroatoms. The molecule has 0 bridgehead atoms. The standard InChI is InChI=1S/C25H19FN8O9S3/c26-23-30-24(32-25(31-23)29-16-7-3-4-8-18(16)44(35,36)37)28-14-9-10-19(45(38,39)40)17(12-14)33-34-22-20(46(41,42)43)11-13-5-1-2-6-15(13)21(22)27/h1-12H,27H2,(H,35,36,37)(H,38,39,40)(H,41,42,43)(H2,28,29,30,31,32). The molecule has 0 aliphatic carbocycles. The highest BCUT2D eigenvalue weighted by molar-refractivity contribution is 7.86. The molecule has 17 nitrogen and oxygen atoms in total. The van der Waals surface area contributed by atoms with E-state index in [9.17, 15) is 43.3 Å². The summed E-state index contributed by atoms with van der Waals surface area (Å²) in [4.78, 5) is 8.78. The van der Waals surface area contributed by atoms with Gasteiger partial charge >= 0.3 is 6.08 Å². The van der Waals surface area contributed by atoms with E-state index in [1.165, 1.54) is 24.3 Å². The molecule has 4 aromatic carbocycles. The fourth-order valence-corrected chi connectivity index (χ4v) is 6.06. The third-order valence-electron chi connectivity index (χ3n) is 6.07. The van der Waals surface area contributed by atoms with Crippen LogP contribution in [0.15, 0.2) is 97.7 Å². The Morgan fingerprint density at radius 3 is 1.96 bits per heavy atom. The summed E-state index contributed by atoms with van der Waals surface area (Å²) in [6.45, 7) is 0. The summed E-state index contributed by atoms with van der Waals surface area (Å²) in [5.41, 5.74) is 4.58. The van der Waals surface area contributed by atoms with Gasteiger partial charge in [0.05, 0.1) is 11.4 Å². The molecular formula is C25H19FN8O9S3. The molecule has 0 spiro atoms. The Kier molecular flexibility index (Phi) is 8.37. The summed E-state index contributed by atoms with van der Waals surface area (Å²) in [5.74, 6) is -0.973. The highest BCUT2D eigenvalue weighted by Gasteiger charge is 2.22. The van der Waals surface area contributed by atoms with Crippen LogP contribution in [0.1, 0.15) is 0 Å². The average Bonchev–Trinajstić information content (AvgIpc) is 2.95. The molecule has 5 rings (SSSR count). The second-order valence-electron chi connectivity index (χ2n) is 9.16. The largest absolute Gasteiger partial charge is 0.396 e. The minimum atomic E-state index is -4.94. The van der Waals surface area contributed by atoms with Crippen LogP contribution in [0.4, 0.5) is 44.7 Å². The maximum absolute atomic E-state index is 14.3. The van der Waals surface area contributed by atoms with Gasteiger partial charge in [0.15, 0.2) is 0 Å². The molecular weight excluding hydrogens is 672 g/mol. The van der Waals surface area contributed by atoms with Gasteiger partial charge in [0.25, 0.3) is 30.4 Å². The molecule has 0 amide bonds. The fourth-order valence-electron chi connectivity index (χ4n) is 4.14. The second kappa shape index (κ2) is 12.0. The zero-order chi connectivity index (χ0) is 33.4. The van der Waals surface area contributed by atoms with Crippen molar-refractivity contribution in [3.05, 3.63) is 78.9 Å². The van der Waals surface area contributed by atoms with Gasteiger partial charge in [0.1, 0.15) is 26.1 Å². The first-order chi connectivity index (χ1) is 21.5. The first kappa shape index (κ1) is 32.2. The molecule has 46 heavy (non-hydrogen) atoms. The lowest BCUT2D eigenvalue weighted by atomic mass is 10.1. The van der Waals surface area contributed by atoms with Crippen molar-refractivity contribution in [1.29, 1.82) is 0 Å². The van der Waals surface area contributed by atoms with Crippen molar-refractivity contribution in [3.63, 3.8) is 0 Å².